The molecule has 0 aliphatic heterocycles. The summed E-state index contributed by atoms with van der Waals surface area (Å²) >= 11 is 0. The van der Waals surface area contributed by atoms with Crippen molar-refractivity contribution >= 4 is 16.8 Å². The van der Waals surface area contributed by atoms with E-state index < -0.39 is 0 Å². The van der Waals surface area contributed by atoms with Crippen LogP contribution < -0.4 is 10.6 Å². The Labute approximate surface area is 126 Å². The normalized spacial score (nSPS) is 11.9. The molecule has 0 bridgehead atoms. The summed E-state index contributed by atoms with van der Waals surface area (Å²) in [5.41, 5.74) is 3.54. The molecule has 4 nitrogen and oxygen atoms in total. The number of para-hydroxylation sites is 1. The molecule has 21 heavy (non-hydrogen) atoms. The maximum atomic E-state index is 11.8. The highest BCUT2D eigenvalue weighted by Crippen LogP contribution is 2.24. The Hall–Kier alpha value is -1.81. The minimum atomic E-state index is -0.186. The van der Waals surface area contributed by atoms with Gasteiger partial charge < -0.3 is 15.2 Å². The average Bonchev–Trinajstić information content (AvgIpc) is 2.62. The number of aryl methyl sites for hydroxylation is 2. The molecule has 0 aliphatic carbocycles. The minimum Gasteiger partial charge on any atom is -0.350 e. The van der Waals surface area contributed by atoms with Gasteiger partial charge in [0.25, 0.3) is 0 Å². The average molecular weight is 287 g/mol. The number of fused-ring (bicyclic) bond motifs is 1. The maximum Gasteiger partial charge on any atom is 0.234 e. The molecule has 1 aromatic heterocycles. The van der Waals surface area contributed by atoms with Gasteiger partial charge in [-0.15, -0.1) is 0 Å². The van der Waals surface area contributed by atoms with E-state index in [9.17, 15) is 4.79 Å². The first-order valence-electron chi connectivity index (χ1n) is 7.34. The molecule has 114 valence electrons. The van der Waals surface area contributed by atoms with Gasteiger partial charge in [-0.2, -0.15) is 0 Å². The number of carbonyl (C=O) groups excluding carboxylic acids is 1. The zero-order valence-corrected chi connectivity index (χ0v) is 13.6. The highest BCUT2D eigenvalue weighted by molar-refractivity contribution is 5.85. The van der Waals surface area contributed by atoms with Crippen molar-refractivity contribution in [3.05, 3.63) is 35.5 Å². The van der Waals surface area contributed by atoms with Crippen molar-refractivity contribution in [2.45, 2.75) is 39.8 Å². The highest BCUT2D eigenvalue weighted by atomic mass is 16.2. The Kier molecular flexibility index (Phi) is 4.37. The second-order valence-corrected chi connectivity index (χ2v) is 6.55. The lowest BCUT2D eigenvalue weighted by Crippen LogP contribution is -2.44. The van der Waals surface area contributed by atoms with Crippen molar-refractivity contribution < 1.29 is 4.79 Å². The van der Waals surface area contributed by atoms with Gasteiger partial charge in [-0.25, -0.2) is 0 Å². The molecule has 0 saturated heterocycles. The molecule has 1 aromatic carbocycles. The third-order valence-electron chi connectivity index (χ3n) is 3.60. The molecule has 0 atom stereocenters. The number of nitrogens with one attached hydrogen (secondary N) is 2. The van der Waals surface area contributed by atoms with E-state index in [-0.39, 0.29) is 11.4 Å². The molecule has 0 spiro atoms. The monoisotopic (exact) mass is 287 g/mol. The maximum absolute atomic E-state index is 11.8. The number of carbonyl (C=O) groups is 1. The van der Waals surface area contributed by atoms with E-state index in [1.165, 1.54) is 22.2 Å². The summed E-state index contributed by atoms with van der Waals surface area (Å²) < 4.78 is 2.19. The molecule has 0 aliphatic rings. The number of hydrogen-bond donors (Lipinski definition) is 2. The first-order valence-corrected chi connectivity index (χ1v) is 7.34. The molecular formula is C17H25N3O. The highest BCUT2D eigenvalue weighted by Gasteiger charge is 2.14. The van der Waals surface area contributed by atoms with E-state index >= 15 is 0 Å². The van der Waals surface area contributed by atoms with Gasteiger partial charge in [0.15, 0.2) is 0 Å². The van der Waals surface area contributed by atoms with Gasteiger partial charge in [-0.1, -0.05) is 18.2 Å². The summed E-state index contributed by atoms with van der Waals surface area (Å²) in [6.45, 7) is 9.11. The van der Waals surface area contributed by atoms with E-state index in [0.29, 0.717) is 13.1 Å². The van der Waals surface area contributed by atoms with Gasteiger partial charge in [0, 0.05) is 35.7 Å². The van der Waals surface area contributed by atoms with Crippen LogP contribution in [0.5, 0.6) is 0 Å². The third-order valence-corrected chi connectivity index (χ3v) is 3.60. The Morgan fingerprint density at radius 2 is 1.90 bits per heavy atom. The van der Waals surface area contributed by atoms with E-state index in [2.05, 4.69) is 53.4 Å². The number of aromatic nitrogens is 1. The second kappa shape index (κ2) is 5.90. The topological polar surface area (TPSA) is 46.1 Å². The van der Waals surface area contributed by atoms with Crippen molar-refractivity contribution in [3.63, 3.8) is 0 Å². The molecule has 4 heteroatoms. The van der Waals surface area contributed by atoms with Gasteiger partial charge in [-0.05, 0) is 39.3 Å². The number of nitrogens with zero attached hydrogens (tertiary/aromatic N) is 1. The van der Waals surface area contributed by atoms with Crippen molar-refractivity contribution in [2.75, 3.05) is 6.54 Å². The molecule has 0 saturated carbocycles. The number of hydrogen-bond acceptors (Lipinski definition) is 2. The fraction of sp³-hybridized carbons (Fsp3) is 0.471. The van der Waals surface area contributed by atoms with Crippen molar-refractivity contribution in [3.8, 4) is 0 Å². The van der Waals surface area contributed by atoms with Crippen molar-refractivity contribution in [1.82, 2.24) is 15.2 Å². The summed E-state index contributed by atoms with van der Waals surface area (Å²) in [5, 5.41) is 7.46. The van der Waals surface area contributed by atoms with Crippen LogP contribution in [0.3, 0.4) is 0 Å². The zero-order chi connectivity index (χ0) is 15.6. The SMILES string of the molecule is Cc1c(CNCC(=O)NC(C)(C)C)n(C)c2ccccc12. The van der Waals surface area contributed by atoms with Gasteiger partial charge in [0.1, 0.15) is 0 Å². The second-order valence-electron chi connectivity index (χ2n) is 6.55. The van der Waals surface area contributed by atoms with E-state index in [0.717, 1.165) is 0 Å². The summed E-state index contributed by atoms with van der Waals surface area (Å²) in [6.07, 6.45) is 0. The Balaban J connectivity index is 2.03. The van der Waals surface area contributed by atoms with Gasteiger partial charge >= 0.3 is 0 Å². The summed E-state index contributed by atoms with van der Waals surface area (Å²) in [4.78, 5) is 11.8. The molecule has 1 heterocycles. The lowest BCUT2D eigenvalue weighted by molar-refractivity contribution is -0.121. The molecular weight excluding hydrogens is 262 g/mol. The van der Waals surface area contributed by atoms with Crippen LogP contribution in [0.4, 0.5) is 0 Å². The van der Waals surface area contributed by atoms with E-state index in [1.54, 1.807) is 0 Å². The summed E-state index contributed by atoms with van der Waals surface area (Å²) in [6, 6.07) is 8.37. The van der Waals surface area contributed by atoms with Crippen LogP contribution in [0, 0.1) is 6.92 Å². The molecule has 1 amide bonds. The summed E-state index contributed by atoms with van der Waals surface area (Å²) in [7, 11) is 2.07. The number of amides is 1. The van der Waals surface area contributed by atoms with Crippen LogP contribution in [-0.4, -0.2) is 22.6 Å². The predicted molar refractivity (Wildman–Crippen MR) is 87.3 cm³/mol. The lowest BCUT2D eigenvalue weighted by Gasteiger charge is -2.20. The standard InChI is InChI=1S/C17H25N3O/c1-12-13-8-6-7-9-14(13)20(5)15(12)10-18-11-16(21)19-17(2,3)4/h6-9,18H,10-11H2,1-5H3,(H,19,21). The zero-order valence-electron chi connectivity index (χ0n) is 13.6. The van der Waals surface area contributed by atoms with Crippen molar-refractivity contribution in [1.29, 1.82) is 0 Å². The molecule has 2 N–H and O–H groups in total. The smallest absolute Gasteiger partial charge is 0.234 e. The largest absolute Gasteiger partial charge is 0.350 e. The Morgan fingerprint density at radius 1 is 1.24 bits per heavy atom. The summed E-state index contributed by atoms with van der Waals surface area (Å²) in [5.74, 6) is 0.0268. The van der Waals surface area contributed by atoms with Crippen LogP contribution in [0.2, 0.25) is 0 Å². The fourth-order valence-electron chi connectivity index (χ4n) is 2.64. The van der Waals surface area contributed by atoms with Gasteiger partial charge in [-0.3, -0.25) is 4.79 Å². The third kappa shape index (κ3) is 3.64. The first kappa shape index (κ1) is 15.6. The van der Waals surface area contributed by atoms with Gasteiger partial charge in [0.2, 0.25) is 5.91 Å². The lowest BCUT2D eigenvalue weighted by atomic mass is 10.1. The molecule has 0 fully saturated rings. The van der Waals surface area contributed by atoms with Crippen LogP contribution in [0.25, 0.3) is 10.9 Å². The van der Waals surface area contributed by atoms with Crippen LogP contribution in [0.15, 0.2) is 24.3 Å². The number of benzene rings is 1. The predicted octanol–water partition coefficient (Wildman–Crippen LogP) is 2.49. The Morgan fingerprint density at radius 3 is 2.52 bits per heavy atom. The van der Waals surface area contributed by atoms with Crippen molar-refractivity contribution in [2.24, 2.45) is 7.05 Å². The van der Waals surface area contributed by atoms with Gasteiger partial charge in [0.05, 0.1) is 6.54 Å². The quantitative estimate of drug-likeness (QED) is 0.907. The Bertz CT molecular complexity index is 611. The molecule has 0 radical (unpaired) electrons. The van der Waals surface area contributed by atoms with Crippen LogP contribution in [0.1, 0.15) is 32.0 Å². The minimum absolute atomic E-state index is 0.0268. The first-order chi connectivity index (χ1) is 9.79. The molecule has 2 aromatic rings. The fourth-order valence-corrected chi connectivity index (χ4v) is 2.64. The van der Waals surface area contributed by atoms with E-state index in [1.807, 2.05) is 20.8 Å². The molecule has 2 rings (SSSR count). The van der Waals surface area contributed by atoms with Crippen LogP contribution >= 0.6 is 0 Å². The van der Waals surface area contributed by atoms with E-state index in [4.69, 9.17) is 0 Å². The molecule has 0 unspecified atom stereocenters. The van der Waals surface area contributed by atoms with Crippen LogP contribution in [-0.2, 0) is 18.4 Å². The number of rotatable bonds is 4.